The molecule has 0 aromatic heterocycles. The Morgan fingerprint density at radius 1 is 1.17 bits per heavy atom. The van der Waals surface area contributed by atoms with Crippen molar-refractivity contribution in [2.45, 2.75) is 62.0 Å². The average molecular weight is 350 g/mol. The first-order valence-electron chi connectivity index (χ1n) is 9.28. The van der Waals surface area contributed by atoms with Crippen molar-refractivity contribution in [3.05, 3.63) is 30.3 Å². The molecular weight excluding hydrogens is 318 g/mol. The fourth-order valence-electron chi connectivity index (χ4n) is 3.29. The van der Waals surface area contributed by atoms with Gasteiger partial charge in [0.25, 0.3) is 0 Å². The van der Waals surface area contributed by atoms with Crippen molar-refractivity contribution in [3.63, 3.8) is 0 Å². The van der Waals surface area contributed by atoms with E-state index < -0.39 is 0 Å². The van der Waals surface area contributed by atoms with Crippen LogP contribution < -0.4 is 5.32 Å². The Hall–Kier alpha value is -1.00. The molecule has 3 nitrogen and oxygen atoms in total. The van der Waals surface area contributed by atoms with Crippen LogP contribution in [0.15, 0.2) is 35.2 Å². The van der Waals surface area contributed by atoms with E-state index in [0.29, 0.717) is 0 Å². The summed E-state index contributed by atoms with van der Waals surface area (Å²) in [5.41, 5.74) is 0. The smallest absolute Gasteiger partial charge is 0.223 e. The molecule has 2 rings (SSSR count). The summed E-state index contributed by atoms with van der Waals surface area (Å²) in [5.74, 6) is 0.400. The van der Waals surface area contributed by atoms with Gasteiger partial charge in [-0.15, -0.1) is 11.8 Å². The van der Waals surface area contributed by atoms with Gasteiger partial charge in [0.15, 0.2) is 0 Å². The lowest BCUT2D eigenvalue weighted by Crippen LogP contribution is -2.45. The maximum absolute atomic E-state index is 12.6. The normalized spacial score (nSPS) is 17.0. The molecule has 1 aliphatic rings. The molecule has 1 aromatic carbocycles. The topological polar surface area (TPSA) is 38.3 Å². The number of amides is 1. The second-order valence-electron chi connectivity index (χ2n) is 6.70. The maximum Gasteiger partial charge on any atom is 0.223 e. The van der Waals surface area contributed by atoms with E-state index in [1.807, 2.05) is 17.8 Å². The largest absolute Gasteiger partial charge is 0.381 e. The number of carbonyl (C=O) groups is 1. The van der Waals surface area contributed by atoms with Gasteiger partial charge in [-0.05, 0) is 37.8 Å². The molecule has 0 spiro atoms. The zero-order chi connectivity index (χ0) is 17.3. The van der Waals surface area contributed by atoms with Crippen LogP contribution >= 0.6 is 11.8 Å². The van der Waals surface area contributed by atoms with Gasteiger partial charge in [-0.1, -0.05) is 44.9 Å². The number of thioether (sulfide) groups is 1. The number of ether oxygens (including phenoxy) is 1. The highest BCUT2D eigenvalue weighted by atomic mass is 32.2. The number of rotatable bonds is 9. The first-order chi connectivity index (χ1) is 11.7. The summed E-state index contributed by atoms with van der Waals surface area (Å²) in [6.07, 6.45) is 6.08. The van der Waals surface area contributed by atoms with Crippen LogP contribution in [0.25, 0.3) is 0 Å². The van der Waals surface area contributed by atoms with Gasteiger partial charge in [-0.3, -0.25) is 4.79 Å². The molecule has 1 N–H and O–H groups in total. The summed E-state index contributed by atoms with van der Waals surface area (Å²) >= 11 is 1.90. The van der Waals surface area contributed by atoms with E-state index in [2.05, 4.69) is 43.4 Å². The molecule has 134 valence electrons. The Bertz CT molecular complexity index is 480. The molecular formula is C20H31NO2S. The Morgan fingerprint density at radius 3 is 2.38 bits per heavy atom. The molecule has 1 aliphatic heterocycles. The molecule has 1 saturated heterocycles. The molecule has 0 aliphatic carbocycles. The highest BCUT2D eigenvalue weighted by Crippen LogP contribution is 2.40. The summed E-state index contributed by atoms with van der Waals surface area (Å²) in [6.45, 7) is 6.60. The van der Waals surface area contributed by atoms with E-state index in [1.165, 1.54) is 4.90 Å². The van der Waals surface area contributed by atoms with Crippen LogP contribution in [0.3, 0.4) is 0 Å². The van der Waals surface area contributed by atoms with E-state index in [4.69, 9.17) is 4.74 Å². The molecule has 24 heavy (non-hydrogen) atoms. The summed E-state index contributed by atoms with van der Waals surface area (Å²) < 4.78 is 5.62. The molecule has 0 saturated carbocycles. The van der Waals surface area contributed by atoms with E-state index in [9.17, 15) is 4.79 Å². The van der Waals surface area contributed by atoms with Gasteiger partial charge in [0, 0.05) is 35.3 Å². The Balaban J connectivity index is 1.99. The summed E-state index contributed by atoms with van der Waals surface area (Å²) in [4.78, 5) is 13.9. The van der Waals surface area contributed by atoms with E-state index in [1.54, 1.807) is 0 Å². The molecule has 1 amide bonds. The quantitative estimate of drug-likeness (QED) is 0.704. The van der Waals surface area contributed by atoms with Crippen LogP contribution in [0.1, 0.15) is 52.4 Å². The van der Waals surface area contributed by atoms with Crippen molar-refractivity contribution in [1.82, 2.24) is 5.32 Å². The molecule has 1 fully saturated rings. The van der Waals surface area contributed by atoms with Crippen LogP contribution in [0.5, 0.6) is 0 Å². The number of nitrogens with one attached hydrogen (secondary N) is 1. The van der Waals surface area contributed by atoms with Crippen molar-refractivity contribution in [2.24, 2.45) is 5.92 Å². The first kappa shape index (κ1) is 19.3. The third-order valence-electron chi connectivity index (χ3n) is 4.71. The Morgan fingerprint density at radius 2 is 1.79 bits per heavy atom. The number of carbonyl (C=O) groups excluding carboxylic acids is 1. The summed E-state index contributed by atoms with van der Waals surface area (Å²) in [7, 11) is 0. The Kier molecular flexibility index (Phi) is 8.13. The summed E-state index contributed by atoms with van der Waals surface area (Å²) in [5, 5.41) is 3.27. The standard InChI is InChI=1S/C20H31NO2S/c1-3-8-17(9-4-2)19(22)21-16-20(12-14-23-15-13-20)24-18-10-6-5-7-11-18/h5-7,10-11,17H,3-4,8-9,12-16H2,1-2H3,(H,21,22). The lowest BCUT2D eigenvalue weighted by Gasteiger charge is -2.37. The monoisotopic (exact) mass is 349 g/mol. The lowest BCUT2D eigenvalue weighted by molar-refractivity contribution is -0.125. The predicted molar refractivity (Wildman–Crippen MR) is 101 cm³/mol. The first-order valence-corrected chi connectivity index (χ1v) is 10.1. The van der Waals surface area contributed by atoms with Crippen LogP contribution in [-0.4, -0.2) is 30.4 Å². The zero-order valence-corrected chi connectivity index (χ0v) is 15.9. The van der Waals surface area contributed by atoms with E-state index >= 15 is 0 Å². The zero-order valence-electron chi connectivity index (χ0n) is 15.1. The fourth-order valence-corrected chi connectivity index (χ4v) is 4.60. The minimum absolute atomic E-state index is 0.0538. The van der Waals surface area contributed by atoms with Gasteiger partial charge in [0.2, 0.25) is 5.91 Å². The van der Waals surface area contributed by atoms with Crippen LogP contribution in [0.4, 0.5) is 0 Å². The van der Waals surface area contributed by atoms with Crippen molar-refractivity contribution in [2.75, 3.05) is 19.8 Å². The molecule has 1 heterocycles. The minimum Gasteiger partial charge on any atom is -0.381 e. The van der Waals surface area contributed by atoms with Gasteiger partial charge < -0.3 is 10.1 Å². The molecule has 0 bridgehead atoms. The Labute approximate surface area is 150 Å². The van der Waals surface area contributed by atoms with Crippen molar-refractivity contribution in [3.8, 4) is 0 Å². The third-order valence-corrected chi connectivity index (χ3v) is 6.20. The highest BCUT2D eigenvalue weighted by Gasteiger charge is 2.34. The van der Waals surface area contributed by atoms with E-state index in [-0.39, 0.29) is 16.6 Å². The molecule has 0 atom stereocenters. The van der Waals surface area contributed by atoms with Crippen molar-refractivity contribution < 1.29 is 9.53 Å². The molecule has 1 aromatic rings. The molecule has 4 heteroatoms. The minimum atomic E-state index is 0.0538. The average Bonchev–Trinajstić information content (AvgIpc) is 2.61. The van der Waals surface area contributed by atoms with Gasteiger partial charge in [-0.2, -0.15) is 0 Å². The van der Waals surface area contributed by atoms with Gasteiger partial charge >= 0.3 is 0 Å². The third kappa shape index (κ3) is 5.82. The van der Waals surface area contributed by atoms with Crippen LogP contribution in [0.2, 0.25) is 0 Å². The van der Waals surface area contributed by atoms with Gasteiger partial charge in [-0.25, -0.2) is 0 Å². The number of hydrogen-bond acceptors (Lipinski definition) is 3. The van der Waals surface area contributed by atoms with Crippen molar-refractivity contribution in [1.29, 1.82) is 0 Å². The molecule has 0 radical (unpaired) electrons. The second-order valence-corrected chi connectivity index (χ2v) is 8.24. The van der Waals surface area contributed by atoms with Crippen LogP contribution in [0, 0.1) is 5.92 Å². The van der Waals surface area contributed by atoms with E-state index in [0.717, 1.165) is 58.3 Å². The van der Waals surface area contributed by atoms with Gasteiger partial charge in [0.1, 0.15) is 0 Å². The van der Waals surface area contributed by atoms with Gasteiger partial charge in [0.05, 0.1) is 0 Å². The van der Waals surface area contributed by atoms with Crippen molar-refractivity contribution >= 4 is 17.7 Å². The lowest BCUT2D eigenvalue weighted by atomic mass is 9.95. The highest BCUT2D eigenvalue weighted by molar-refractivity contribution is 8.00. The second kappa shape index (κ2) is 10.1. The molecule has 0 unspecified atom stereocenters. The summed E-state index contributed by atoms with van der Waals surface area (Å²) in [6, 6.07) is 10.5. The fraction of sp³-hybridized carbons (Fsp3) is 0.650. The van der Waals surface area contributed by atoms with Crippen LogP contribution in [-0.2, 0) is 9.53 Å². The predicted octanol–water partition coefficient (Wildman–Crippen LogP) is 4.66. The number of hydrogen-bond donors (Lipinski definition) is 1. The maximum atomic E-state index is 12.6. The number of benzene rings is 1. The SMILES string of the molecule is CCCC(CCC)C(=O)NCC1(Sc2ccccc2)CCOCC1.